The number of hydrogen-bond acceptors (Lipinski definition) is 3. The lowest BCUT2D eigenvalue weighted by Crippen LogP contribution is -2.36. The third-order valence-electron chi connectivity index (χ3n) is 2.68. The van der Waals surface area contributed by atoms with Gasteiger partial charge in [-0.25, -0.2) is 0 Å². The van der Waals surface area contributed by atoms with Crippen molar-refractivity contribution in [3.8, 4) is 5.75 Å². The first-order valence-electron chi connectivity index (χ1n) is 6.13. The molecular formula is C14H23NO2. The average Bonchev–Trinajstić information content (AvgIpc) is 2.35. The van der Waals surface area contributed by atoms with Gasteiger partial charge < -0.3 is 15.2 Å². The van der Waals surface area contributed by atoms with E-state index in [2.05, 4.69) is 19.2 Å². The summed E-state index contributed by atoms with van der Waals surface area (Å²) >= 11 is 0. The van der Waals surface area contributed by atoms with E-state index in [1.54, 1.807) is 7.11 Å². The highest BCUT2D eigenvalue weighted by Crippen LogP contribution is 2.12. The Balaban J connectivity index is 2.48. The molecule has 0 aliphatic carbocycles. The second-order valence-corrected chi connectivity index (χ2v) is 4.73. The van der Waals surface area contributed by atoms with Crippen LogP contribution in [0.25, 0.3) is 0 Å². The molecule has 0 saturated carbocycles. The molecule has 0 bridgehead atoms. The van der Waals surface area contributed by atoms with Crippen molar-refractivity contribution in [2.45, 2.75) is 26.3 Å². The molecule has 0 aromatic heterocycles. The summed E-state index contributed by atoms with van der Waals surface area (Å²) in [6.45, 7) is 5.42. The zero-order valence-corrected chi connectivity index (χ0v) is 10.9. The first-order valence-corrected chi connectivity index (χ1v) is 6.13. The summed E-state index contributed by atoms with van der Waals surface area (Å²) in [6, 6.07) is 8.11. The van der Waals surface area contributed by atoms with Crippen molar-refractivity contribution in [2.75, 3.05) is 20.3 Å². The Bertz CT molecular complexity index is 309. The van der Waals surface area contributed by atoms with E-state index in [4.69, 9.17) is 4.74 Å². The summed E-state index contributed by atoms with van der Waals surface area (Å²) in [5.74, 6) is 1.46. The first-order chi connectivity index (χ1) is 8.15. The van der Waals surface area contributed by atoms with Crippen molar-refractivity contribution < 1.29 is 9.84 Å². The van der Waals surface area contributed by atoms with E-state index >= 15 is 0 Å². The lowest BCUT2D eigenvalue weighted by Gasteiger charge is -2.18. The topological polar surface area (TPSA) is 41.5 Å². The van der Waals surface area contributed by atoms with Gasteiger partial charge in [-0.05, 0) is 36.6 Å². The standard InChI is InChI=1S/C14H23NO2/c1-11(2)9-15-13(10-16)8-12-4-6-14(17-3)7-5-12/h4-7,11,13,15-16H,8-10H2,1-3H3. The van der Waals surface area contributed by atoms with Crippen molar-refractivity contribution in [2.24, 2.45) is 5.92 Å². The maximum atomic E-state index is 9.31. The average molecular weight is 237 g/mol. The van der Waals surface area contributed by atoms with E-state index in [9.17, 15) is 5.11 Å². The van der Waals surface area contributed by atoms with Gasteiger partial charge in [0.2, 0.25) is 0 Å². The van der Waals surface area contributed by atoms with E-state index in [1.165, 1.54) is 5.56 Å². The van der Waals surface area contributed by atoms with Crippen LogP contribution in [0.3, 0.4) is 0 Å². The van der Waals surface area contributed by atoms with Gasteiger partial charge in [0.25, 0.3) is 0 Å². The second kappa shape index (κ2) is 7.30. The zero-order valence-electron chi connectivity index (χ0n) is 10.9. The number of hydrogen-bond donors (Lipinski definition) is 2. The molecule has 17 heavy (non-hydrogen) atoms. The maximum absolute atomic E-state index is 9.31. The normalized spacial score (nSPS) is 12.8. The van der Waals surface area contributed by atoms with E-state index in [1.807, 2.05) is 24.3 Å². The Morgan fingerprint density at radius 1 is 1.24 bits per heavy atom. The SMILES string of the molecule is COc1ccc(CC(CO)NCC(C)C)cc1. The highest BCUT2D eigenvalue weighted by atomic mass is 16.5. The van der Waals surface area contributed by atoms with Crippen molar-refractivity contribution in [1.82, 2.24) is 5.32 Å². The third-order valence-corrected chi connectivity index (χ3v) is 2.68. The molecule has 0 amide bonds. The summed E-state index contributed by atoms with van der Waals surface area (Å²) in [5.41, 5.74) is 1.21. The van der Waals surface area contributed by atoms with Crippen molar-refractivity contribution >= 4 is 0 Å². The smallest absolute Gasteiger partial charge is 0.118 e. The molecule has 0 heterocycles. The van der Waals surface area contributed by atoms with Gasteiger partial charge in [-0.2, -0.15) is 0 Å². The summed E-state index contributed by atoms with van der Waals surface area (Å²) in [5, 5.41) is 12.7. The van der Waals surface area contributed by atoms with Gasteiger partial charge in [0.15, 0.2) is 0 Å². The number of aliphatic hydroxyl groups is 1. The Morgan fingerprint density at radius 2 is 1.88 bits per heavy atom. The zero-order chi connectivity index (χ0) is 12.7. The number of rotatable bonds is 7. The molecule has 1 aromatic carbocycles. The van der Waals surface area contributed by atoms with Crippen LogP contribution in [0.15, 0.2) is 24.3 Å². The Labute approximate surface area is 104 Å². The molecule has 3 nitrogen and oxygen atoms in total. The number of aliphatic hydroxyl groups excluding tert-OH is 1. The quantitative estimate of drug-likeness (QED) is 0.760. The van der Waals surface area contributed by atoms with Crippen LogP contribution in [-0.4, -0.2) is 31.4 Å². The van der Waals surface area contributed by atoms with E-state index in [0.717, 1.165) is 18.7 Å². The molecule has 0 radical (unpaired) electrons. The molecule has 1 atom stereocenters. The van der Waals surface area contributed by atoms with Crippen LogP contribution >= 0.6 is 0 Å². The van der Waals surface area contributed by atoms with Crippen LogP contribution in [-0.2, 0) is 6.42 Å². The molecule has 0 fully saturated rings. The van der Waals surface area contributed by atoms with Crippen molar-refractivity contribution in [1.29, 1.82) is 0 Å². The molecule has 0 aliphatic rings. The molecule has 1 unspecified atom stereocenters. The van der Waals surface area contributed by atoms with Gasteiger partial charge in [-0.15, -0.1) is 0 Å². The second-order valence-electron chi connectivity index (χ2n) is 4.73. The molecular weight excluding hydrogens is 214 g/mol. The fourth-order valence-electron chi connectivity index (χ4n) is 1.65. The van der Waals surface area contributed by atoms with Crippen LogP contribution < -0.4 is 10.1 Å². The molecule has 1 rings (SSSR count). The fraction of sp³-hybridized carbons (Fsp3) is 0.571. The van der Waals surface area contributed by atoms with Crippen LogP contribution in [0, 0.1) is 5.92 Å². The number of methoxy groups -OCH3 is 1. The van der Waals surface area contributed by atoms with Gasteiger partial charge in [0, 0.05) is 6.04 Å². The van der Waals surface area contributed by atoms with Gasteiger partial charge in [-0.1, -0.05) is 26.0 Å². The van der Waals surface area contributed by atoms with E-state index < -0.39 is 0 Å². The summed E-state index contributed by atoms with van der Waals surface area (Å²) in [6.07, 6.45) is 0.840. The van der Waals surface area contributed by atoms with Crippen LogP contribution in [0.1, 0.15) is 19.4 Å². The molecule has 96 valence electrons. The van der Waals surface area contributed by atoms with Crippen molar-refractivity contribution in [3.63, 3.8) is 0 Å². The molecule has 0 spiro atoms. The molecule has 3 heteroatoms. The summed E-state index contributed by atoms with van der Waals surface area (Å²) in [7, 11) is 1.66. The molecule has 2 N–H and O–H groups in total. The summed E-state index contributed by atoms with van der Waals surface area (Å²) in [4.78, 5) is 0. The minimum atomic E-state index is 0.130. The highest BCUT2D eigenvalue weighted by molar-refractivity contribution is 5.27. The van der Waals surface area contributed by atoms with Crippen LogP contribution in [0.5, 0.6) is 5.75 Å². The van der Waals surface area contributed by atoms with Gasteiger partial charge in [-0.3, -0.25) is 0 Å². The Hall–Kier alpha value is -1.06. The van der Waals surface area contributed by atoms with Crippen LogP contribution in [0.2, 0.25) is 0 Å². The number of nitrogens with one attached hydrogen (secondary N) is 1. The molecule has 1 aromatic rings. The van der Waals surface area contributed by atoms with Crippen molar-refractivity contribution in [3.05, 3.63) is 29.8 Å². The predicted octanol–water partition coefficient (Wildman–Crippen LogP) is 1.84. The Kier molecular flexibility index (Phi) is 6.01. The molecule has 0 aliphatic heterocycles. The number of benzene rings is 1. The molecule has 0 saturated heterocycles. The van der Waals surface area contributed by atoms with Gasteiger partial charge in [0.1, 0.15) is 5.75 Å². The minimum absolute atomic E-state index is 0.130. The van der Waals surface area contributed by atoms with Gasteiger partial charge >= 0.3 is 0 Å². The highest BCUT2D eigenvalue weighted by Gasteiger charge is 2.08. The van der Waals surface area contributed by atoms with Crippen LogP contribution in [0.4, 0.5) is 0 Å². The Morgan fingerprint density at radius 3 is 2.35 bits per heavy atom. The minimum Gasteiger partial charge on any atom is -0.497 e. The number of ether oxygens (including phenoxy) is 1. The van der Waals surface area contributed by atoms with Gasteiger partial charge in [0.05, 0.1) is 13.7 Å². The largest absolute Gasteiger partial charge is 0.497 e. The van der Waals surface area contributed by atoms with E-state index in [-0.39, 0.29) is 12.6 Å². The predicted molar refractivity (Wildman–Crippen MR) is 70.4 cm³/mol. The maximum Gasteiger partial charge on any atom is 0.118 e. The fourth-order valence-corrected chi connectivity index (χ4v) is 1.65. The summed E-state index contributed by atoms with van der Waals surface area (Å²) < 4.78 is 5.11. The lowest BCUT2D eigenvalue weighted by molar-refractivity contribution is 0.238. The monoisotopic (exact) mass is 237 g/mol. The lowest BCUT2D eigenvalue weighted by atomic mass is 10.1. The van der Waals surface area contributed by atoms with E-state index in [0.29, 0.717) is 5.92 Å². The third kappa shape index (κ3) is 5.20. The first kappa shape index (κ1) is 14.0.